The molecule has 38 heavy (non-hydrogen) atoms. The first kappa shape index (κ1) is 24.1. The predicted octanol–water partition coefficient (Wildman–Crippen LogP) is 7.38. The SMILES string of the molecule is Cc1ccc(C)c(NC(=O)N2Cc3c(C)nn(-c4ccccc4)c3-n3cccc3C2c2ccc(Cl)cc2)c1. The van der Waals surface area contributed by atoms with E-state index in [1.54, 1.807) is 0 Å². The lowest BCUT2D eigenvalue weighted by molar-refractivity contribution is 0.194. The summed E-state index contributed by atoms with van der Waals surface area (Å²) in [5.41, 5.74) is 7.70. The number of hydrogen-bond donors (Lipinski definition) is 1. The molecule has 3 aromatic carbocycles. The lowest BCUT2D eigenvalue weighted by atomic mass is 10.0. The van der Waals surface area contributed by atoms with E-state index in [1.165, 1.54) is 0 Å². The highest BCUT2D eigenvalue weighted by Gasteiger charge is 2.36. The Morgan fingerprint density at radius 1 is 0.947 bits per heavy atom. The summed E-state index contributed by atoms with van der Waals surface area (Å²) in [6.45, 7) is 6.42. The molecule has 5 aromatic rings. The van der Waals surface area contributed by atoms with Crippen molar-refractivity contribution in [3.63, 3.8) is 0 Å². The molecule has 7 heteroatoms. The van der Waals surface area contributed by atoms with E-state index in [-0.39, 0.29) is 12.1 Å². The Hall–Kier alpha value is -4.29. The molecule has 0 aliphatic carbocycles. The zero-order chi connectivity index (χ0) is 26.4. The van der Waals surface area contributed by atoms with Gasteiger partial charge in [0.05, 0.1) is 29.7 Å². The van der Waals surface area contributed by atoms with Crippen molar-refractivity contribution in [2.45, 2.75) is 33.4 Å². The largest absolute Gasteiger partial charge is 0.322 e. The number of aryl methyl sites for hydroxylation is 3. The first-order chi connectivity index (χ1) is 18.4. The third-order valence-electron chi connectivity index (χ3n) is 7.17. The number of para-hydroxylation sites is 1. The number of halogens is 1. The average molecular weight is 522 g/mol. The number of benzene rings is 3. The summed E-state index contributed by atoms with van der Waals surface area (Å²) in [4.78, 5) is 16.0. The Kier molecular flexibility index (Phi) is 6.04. The summed E-state index contributed by atoms with van der Waals surface area (Å²) in [5, 5.41) is 8.77. The fourth-order valence-corrected chi connectivity index (χ4v) is 5.33. The minimum Gasteiger partial charge on any atom is -0.308 e. The van der Waals surface area contributed by atoms with E-state index < -0.39 is 0 Å². The minimum atomic E-state index is -0.344. The van der Waals surface area contributed by atoms with Crippen molar-refractivity contribution in [1.29, 1.82) is 0 Å². The highest BCUT2D eigenvalue weighted by Crippen LogP contribution is 2.39. The molecule has 1 aliphatic heterocycles. The van der Waals surface area contributed by atoms with Gasteiger partial charge in [0, 0.05) is 22.5 Å². The van der Waals surface area contributed by atoms with Crippen molar-refractivity contribution >= 4 is 23.3 Å². The average Bonchev–Trinajstić information content (AvgIpc) is 3.48. The molecule has 0 bridgehead atoms. The smallest absolute Gasteiger partial charge is 0.308 e. The minimum absolute atomic E-state index is 0.175. The van der Waals surface area contributed by atoms with Crippen LogP contribution in [-0.4, -0.2) is 25.3 Å². The van der Waals surface area contributed by atoms with Crippen LogP contribution < -0.4 is 5.32 Å². The molecule has 0 saturated heterocycles. The maximum atomic E-state index is 14.1. The second kappa shape index (κ2) is 9.54. The molecule has 1 unspecified atom stereocenters. The lowest BCUT2D eigenvalue weighted by Gasteiger charge is -2.31. The van der Waals surface area contributed by atoms with Crippen molar-refractivity contribution in [1.82, 2.24) is 19.2 Å². The molecule has 1 atom stereocenters. The Morgan fingerprint density at radius 2 is 1.71 bits per heavy atom. The van der Waals surface area contributed by atoms with Crippen molar-refractivity contribution in [3.8, 4) is 11.5 Å². The van der Waals surface area contributed by atoms with E-state index in [0.717, 1.165) is 50.8 Å². The first-order valence-corrected chi connectivity index (χ1v) is 13.0. The normalized spacial score (nSPS) is 14.5. The molecule has 6 nitrogen and oxygen atoms in total. The van der Waals surface area contributed by atoms with Gasteiger partial charge in [-0.2, -0.15) is 5.10 Å². The molecule has 190 valence electrons. The Bertz CT molecular complexity index is 1640. The summed E-state index contributed by atoms with van der Waals surface area (Å²) in [7, 11) is 0. The lowest BCUT2D eigenvalue weighted by Crippen LogP contribution is -2.38. The first-order valence-electron chi connectivity index (χ1n) is 12.6. The summed E-state index contributed by atoms with van der Waals surface area (Å²) < 4.78 is 4.13. The van der Waals surface area contributed by atoms with Crippen LogP contribution in [0.2, 0.25) is 5.02 Å². The van der Waals surface area contributed by atoms with E-state index in [4.69, 9.17) is 16.7 Å². The van der Waals surface area contributed by atoms with Crippen LogP contribution in [0.25, 0.3) is 11.5 Å². The molecular weight excluding hydrogens is 494 g/mol. The van der Waals surface area contributed by atoms with Crippen LogP contribution in [0.4, 0.5) is 10.5 Å². The van der Waals surface area contributed by atoms with Crippen LogP contribution in [0.1, 0.15) is 39.7 Å². The van der Waals surface area contributed by atoms with Gasteiger partial charge in [0.15, 0.2) is 0 Å². The second-order valence-electron chi connectivity index (χ2n) is 9.77. The molecule has 1 N–H and O–H groups in total. The molecule has 6 rings (SSSR count). The molecule has 3 heterocycles. The second-order valence-corrected chi connectivity index (χ2v) is 10.2. The van der Waals surface area contributed by atoms with Crippen molar-refractivity contribution < 1.29 is 4.79 Å². The summed E-state index contributed by atoms with van der Waals surface area (Å²) in [5.74, 6) is 0.940. The number of anilines is 1. The monoisotopic (exact) mass is 521 g/mol. The topological polar surface area (TPSA) is 55.1 Å². The summed E-state index contributed by atoms with van der Waals surface area (Å²) in [6.07, 6.45) is 2.05. The van der Waals surface area contributed by atoms with Crippen LogP contribution >= 0.6 is 11.6 Å². The zero-order valence-corrected chi connectivity index (χ0v) is 22.3. The predicted molar refractivity (Wildman–Crippen MR) is 151 cm³/mol. The van der Waals surface area contributed by atoms with Crippen LogP contribution in [0, 0.1) is 20.8 Å². The number of fused-ring (bicyclic) bond motifs is 3. The Morgan fingerprint density at radius 3 is 2.47 bits per heavy atom. The molecular formula is C31H28ClN5O. The van der Waals surface area contributed by atoms with Crippen molar-refractivity contribution in [2.24, 2.45) is 0 Å². The summed E-state index contributed by atoms with van der Waals surface area (Å²) in [6, 6.07) is 27.5. The third-order valence-corrected chi connectivity index (χ3v) is 7.42. The van der Waals surface area contributed by atoms with Crippen molar-refractivity contribution in [3.05, 3.63) is 130 Å². The highest BCUT2D eigenvalue weighted by molar-refractivity contribution is 6.30. The van der Waals surface area contributed by atoms with Gasteiger partial charge in [-0.05, 0) is 79.9 Å². The van der Waals surface area contributed by atoms with Crippen molar-refractivity contribution in [2.75, 3.05) is 5.32 Å². The molecule has 0 radical (unpaired) electrons. The van der Waals surface area contributed by atoms with Gasteiger partial charge >= 0.3 is 6.03 Å². The standard InChI is InChI=1S/C31H28ClN5O/c1-20-11-12-21(2)27(18-20)33-31(38)36-19-26-22(3)34-37(25-8-5-4-6-9-25)30(26)35-17-7-10-28(35)29(36)23-13-15-24(32)16-14-23/h4-18,29H,19H2,1-3H3,(H,33,38). The molecule has 0 spiro atoms. The quantitative estimate of drug-likeness (QED) is 0.269. The maximum absolute atomic E-state index is 14.1. The number of urea groups is 1. The van der Waals surface area contributed by atoms with E-state index >= 15 is 0 Å². The number of nitrogens with one attached hydrogen (secondary N) is 1. The fourth-order valence-electron chi connectivity index (χ4n) is 5.20. The Balaban J connectivity index is 1.54. The van der Waals surface area contributed by atoms with E-state index in [1.807, 2.05) is 115 Å². The number of carbonyl (C=O) groups excluding carboxylic acids is 1. The number of hydrogen-bond acceptors (Lipinski definition) is 2. The van der Waals surface area contributed by atoms with Gasteiger partial charge in [0.25, 0.3) is 0 Å². The third kappa shape index (κ3) is 4.17. The molecule has 0 fully saturated rings. The van der Waals surface area contributed by atoms with Gasteiger partial charge < -0.3 is 14.8 Å². The van der Waals surface area contributed by atoms with E-state index in [0.29, 0.717) is 11.6 Å². The molecule has 1 aliphatic rings. The fraction of sp³-hybridized carbons (Fsp3) is 0.161. The number of rotatable bonds is 3. The van der Waals surface area contributed by atoms with E-state index in [2.05, 4.69) is 16.0 Å². The van der Waals surface area contributed by atoms with Gasteiger partial charge in [0.2, 0.25) is 0 Å². The van der Waals surface area contributed by atoms with Gasteiger partial charge in [-0.15, -0.1) is 0 Å². The number of amides is 2. The van der Waals surface area contributed by atoms with Crippen LogP contribution in [0.3, 0.4) is 0 Å². The molecule has 0 saturated carbocycles. The van der Waals surface area contributed by atoms with E-state index in [9.17, 15) is 4.79 Å². The number of carbonyl (C=O) groups is 1. The van der Waals surface area contributed by atoms with Crippen LogP contribution in [0.5, 0.6) is 0 Å². The molecule has 2 amide bonds. The zero-order valence-electron chi connectivity index (χ0n) is 21.5. The summed E-state index contributed by atoms with van der Waals surface area (Å²) >= 11 is 6.26. The van der Waals surface area contributed by atoms with Crippen LogP contribution in [0.15, 0.2) is 91.1 Å². The number of aromatic nitrogens is 3. The van der Waals surface area contributed by atoms with Crippen LogP contribution in [-0.2, 0) is 6.54 Å². The Labute approximate surface area is 227 Å². The van der Waals surface area contributed by atoms with Gasteiger partial charge in [0.1, 0.15) is 5.82 Å². The number of nitrogens with zero attached hydrogens (tertiary/aromatic N) is 4. The van der Waals surface area contributed by atoms with Gasteiger partial charge in [-0.25, -0.2) is 9.48 Å². The van der Waals surface area contributed by atoms with Gasteiger partial charge in [-0.1, -0.05) is 54.1 Å². The highest BCUT2D eigenvalue weighted by atomic mass is 35.5. The molecule has 2 aromatic heterocycles. The van der Waals surface area contributed by atoms with Gasteiger partial charge in [-0.3, -0.25) is 0 Å². The maximum Gasteiger partial charge on any atom is 0.322 e.